The highest BCUT2D eigenvalue weighted by molar-refractivity contribution is 5.88. The summed E-state index contributed by atoms with van der Waals surface area (Å²) >= 11 is 0. The molecule has 0 aliphatic rings. The van der Waals surface area contributed by atoms with Crippen LogP contribution in [0.3, 0.4) is 0 Å². The van der Waals surface area contributed by atoms with Crippen molar-refractivity contribution in [2.75, 3.05) is 5.73 Å². The van der Waals surface area contributed by atoms with Gasteiger partial charge in [0, 0.05) is 24.7 Å². The summed E-state index contributed by atoms with van der Waals surface area (Å²) in [7, 11) is 0. The Labute approximate surface area is 131 Å². The molecule has 0 aromatic carbocycles. The van der Waals surface area contributed by atoms with Crippen molar-refractivity contribution in [2.24, 2.45) is 0 Å². The van der Waals surface area contributed by atoms with Gasteiger partial charge in [0.1, 0.15) is 5.82 Å². The predicted molar refractivity (Wildman–Crippen MR) is 94.2 cm³/mol. The molecule has 2 aromatic rings. The molecule has 0 saturated carbocycles. The SMILES string of the molecule is C/C=C(\C)[N+](=O)[O-].C=CC.CC.Nc1nccc2[nH]ccc12. The minimum Gasteiger partial charge on any atom is -0.383 e. The summed E-state index contributed by atoms with van der Waals surface area (Å²) in [5.41, 5.74) is 6.80. The van der Waals surface area contributed by atoms with Gasteiger partial charge in [0.05, 0.1) is 10.4 Å². The van der Waals surface area contributed by atoms with Crippen LogP contribution in [0.25, 0.3) is 10.9 Å². The normalized spacial score (nSPS) is 9.23. The molecule has 0 atom stereocenters. The third kappa shape index (κ3) is 8.52. The number of H-pyrrole nitrogens is 1. The second kappa shape index (κ2) is 13.4. The Hall–Kier alpha value is -2.63. The molecule has 6 heteroatoms. The van der Waals surface area contributed by atoms with Crippen molar-refractivity contribution in [1.29, 1.82) is 0 Å². The number of nitrogens with one attached hydrogen (secondary N) is 1. The Balaban J connectivity index is 0. The maximum atomic E-state index is 9.67. The molecule has 0 radical (unpaired) electrons. The number of nitrogens with two attached hydrogens (primary N) is 1. The van der Waals surface area contributed by atoms with Gasteiger partial charge in [0.2, 0.25) is 5.70 Å². The number of nitro groups is 1. The number of hydrogen-bond acceptors (Lipinski definition) is 4. The zero-order valence-corrected chi connectivity index (χ0v) is 14.0. The molecule has 0 saturated heterocycles. The number of anilines is 1. The third-order valence-corrected chi connectivity index (χ3v) is 2.22. The van der Waals surface area contributed by atoms with Crippen molar-refractivity contribution in [1.82, 2.24) is 9.97 Å². The van der Waals surface area contributed by atoms with Crippen LogP contribution in [-0.2, 0) is 0 Å². The Morgan fingerprint density at radius 2 is 1.95 bits per heavy atom. The van der Waals surface area contributed by atoms with Crippen molar-refractivity contribution in [3.05, 3.63) is 59.1 Å². The summed E-state index contributed by atoms with van der Waals surface area (Å²) in [6, 6.07) is 3.81. The van der Waals surface area contributed by atoms with Crippen LogP contribution in [0.2, 0.25) is 0 Å². The molecule has 0 spiro atoms. The molecule has 0 amide bonds. The highest BCUT2D eigenvalue weighted by Gasteiger charge is 1.96. The zero-order chi connectivity index (χ0) is 17.5. The first kappa shape index (κ1) is 21.7. The number of nitrogen functional groups attached to an aromatic ring is 1. The summed E-state index contributed by atoms with van der Waals surface area (Å²) < 4.78 is 0. The molecule has 2 rings (SSSR count). The number of rotatable bonds is 1. The minimum absolute atomic E-state index is 0.194. The smallest absolute Gasteiger partial charge is 0.238 e. The number of aromatic amines is 1. The lowest BCUT2D eigenvalue weighted by Crippen LogP contribution is -1.91. The fourth-order valence-electron chi connectivity index (χ4n) is 1.11. The summed E-state index contributed by atoms with van der Waals surface area (Å²) in [6.45, 7) is 12.3. The van der Waals surface area contributed by atoms with Crippen LogP contribution < -0.4 is 5.73 Å². The Kier molecular flexibility index (Phi) is 13.2. The number of aromatic nitrogens is 2. The molecule has 0 bridgehead atoms. The quantitative estimate of drug-likeness (QED) is 0.458. The van der Waals surface area contributed by atoms with E-state index in [0.29, 0.717) is 5.82 Å². The molecular weight excluding hydrogens is 280 g/mol. The number of allylic oxidation sites excluding steroid dienone is 3. The van der Waals surface area contributed by atoms with Gasteiger partial charge in [0.25, 0.3) is 0 Å². The second-order valence-electron chi connectivity index (χ2n) is 3.73. The van der Waals surface area contributed by atoms with Crippen LogP contribution in [0, 0.1) is 10.1 Å². The summed E-state index contributed by atoms with van der Waals surface area (Å²) in [5.74, 6) is 0.582. The molecule has 0 aliphatic carbocycles. The van der Waals surface area contributed by atoms with E-state index in [1.165, 1.54) is 13.0 Å². The van der Waals surface area contributed by atoms with Crippen LogP contribution in [-0.4, -0.2) is 14.9 Å². The number of pyridine rings is 1. The maximum Gasteiger partial charge on any atom is 0.238 e. The second-order valence-corrected chi connectivity index (χ2v) is 3.73. The number of nitrogens with zero attached hydrogens (tertiary/aromatic N) is 2. The molecule has 122 valence electrons. The van der Waals surface area contributed by atoms with Crippen molar-refractivity contribution in [3.8, 4) is 0 Å². The fraction of sp³-hybridized carbons (Fsp3) is 0.312. The molecule has 22 heavy (non-hydrogen) atoms. The highest BCUT2D eigenvalue weighted by atomic mass is 16.6. The Morgan fingerprint density at radius 3 is 2.32 bits per heavy atom. The van der Waals surface area contributed by atoms with E-state index < -0.39 is 4.92 Å². The van der Waals surface area contributed by atoms with Crippen LogP contribution in [0.5, 0.6) is 0 Å². The van der Waals surface area contributed by atoms with Crippen LogP contribution in [0.4, 0.5) is 5.82 Å². The van der Waals surface area contributed by atoms with Gasteiger partial charge in [-0.3, -0.25) is 10.1 Å². The molecule has 6 nitrogen and oxygen atoms in total. The van der Waals surface area contributed by atoms with Gasteiger partial charge in [-0.15, -0.1) is 6.58 Å². The van der Waals surface area contributed by atoms with Gasteiger partial charge in [0.15, 0.2) is 0 Å². The van der Waals surface area contributed by atoms with E-state index in [1.54, 1.807) is 19.2 Å². The van der Waals surface area contributed by atoms with Crippen LogP contribution >= 0.6 is 0 Å². The van der Waals surface area contributed by atoms with Gasteiger partial charge < -0.3 is 10.7 Å². The number of hydrogen-bond donors (Lipinski definition) is 2. The van der Waals surface area contributed by atoms with Crippen LogP contribution in [0.15, 0.2) is 49.0 Å². The standard InChI is InChI=1S/C7H7N3.C4H7NO2.C3H6.C2H6/c8-7-5-1-3-9-6(5)2-4-10-7;1-3-4(2)5(6)7;1-3-2;1-2/h1-4,9H,(H2,8,10);3H,1-2H3;3H,1H2,2H3;1-2H3/b;4-3+;;. The van der Waals surface area contributed by atoms with Crippen molar-refractivity contribution in [2.45, 2.75) is 34.6 Å². The van der Waals surface area contributed by atoms with Gasteiger partial charge >= 0.3 is 0 Å². The molecular formula is C16H26N4O2. The van der Waals surface area contributed by atoms with E-state index >= 15 is 0 Å². The summed E-state index contributed by atoms with van der Waals surface area (Å²) in [5, 5.41) is 10.7. The van der Waals surface area contributed by atoms with E-state index in [2.05, 4.69) is 16.5 Å². The largest absolute Gasteiger partial charge is 0.383 e. The fourth-order valence-corrected chi connectivity index (χ4v) is 1.11. The molecule has 0 unspecified atom stereocenters. The van der Waals surface area contributed by atoms with Crippen molar-refractivity contribution < 1.29 is 4.92 Å². The summed E-state index contributed by atoms with van der Waals surface area (Å²) in [4.78, 5) is 16.2. The van der Waals surface area contributed by atoms with E-state index in [-0.39, 0.29) is 5.70 Å². The molecule has 2 heterocycles. The average molecular weight is 306 g/mol. The third-order valence-electron chi connectivity index (χ3n) is 2.22. The summed E-state index contributed by atoms with van der Waals surface area (Å²) in [6.07, 6.45) is 6.75. The van der Waals surface area contributed by atoms with Crippen molar-refractivity contribution in [3.63, 3.8) is 0 Å². The lowest BCUT2D eigenvalue weighted by Gasteiger charge is -1.91. The van der Waals surface area contributed by atoms with E-state index in [9.17, 15) is 10.1 Å². The Bertz CT molecular complexity index is 589. The zero-order valence-electron chi connectivity index (χ0n) is 14.0. The first-order valence-electron chi connectivity index (χ1n) is 6.99. The molecule has 0 aliphatic heterocycles. The Morgan fingerprint density at radius 1 is 1.41 bits per heavy atom. The average Bonchev–Trinajstić information content (AvgIpc) is 3.00. The van der Waals surface area contributed by atoms with Gasteiger partial charge in [-0.05, 0) is 32.1 Å². The van der Waals surface area contributed by atoms with E-state index in [0.717, 1.165) is 10.9 Å². The van der Waals surface area contributed by atoms with Crippen LogP contribution in [0.1, 0.15) is 34.6 Å². The van der Waals surface area contributed by atoms with Gasteiger partial charge in [-0.1, -0.05) is 19.9 Å². The maximum absolute atomic E-state index is 9.67. The van der Waals surface area contributed by atoms with Gasteiger partial charge in [-0.25, -0.2) is 4.98 Å². The minimum atomic E-state index is -0.417. The molecule has 2 aromatic heterocycles. The lowest BCUT2D eigenvalue weighted by atomic mass is 10.3. The highest BCUT2D eigenvalue weighted by Crippen LogP contribution is 2.15. The number of fused-ring (bicyclic) bond motifs is 1. The molecule has 0 fully saturated rings. The topological polar surface area (TPSA) is 97.8 Å². The molecule has 3 N–H and O–H groups in total. The van der Waals surface area contributed by atoms with Crippen molar-refractivity contribution >= 4 is 16.7 Å². The first-order chi connectivity index (χ1) is 10.5. The predicted octanol–water partition coefficient (Wildman–Crippen LogP) is 4.55. The van der Waals surface area contributed by atoms with E-state index in [4.69, 9.17) is 5.73 Å². The lowest BCUT2D eigenvalue weighted by molar-refractivity contribution is -0.424. The van der Waals surface area contributed by atoms with Gasteiger partial charge in [-0.2, -0.15) is 0 Å². The van der Waals surface area contributed by atoms with E-state index in [1.807, 2.05) is 39.1 Å². The monoisotopic (exact) mass is 306 g/mol. The first-order valence-corrected chi connectivity index (χ1v) is 6.99.